The van der Waals surface area contributed by atoms with Gasteiger partial charge in [0.2, 0.25) is 0 Å². The van der Waals surface area contributed by atoms with Crippen LogP contribution in [-0.4, -0.2) is 42.3 Å². The van der Waals surface area contributed by atoms with Gasteiger partial charge in [0.15, 0.2) is 0 Å². The molecule has 0 saturated heterocycles. The maximum absolute atomic E-state index is 12.8. The van der Waals surface area contributed by atoms with Gasteiger partial charge in [0.25, 0.3) is 0 Å². The Morgan fingerprint density at radius 3 is 2.24 bits per heavy atom. The fraction of sp³-hybridized carbons (Fsp3) is 0.438. The molecule has 5 nitrogen and oxygen atoms in total. The molecular formula is C16H17BrF3NO4. The second-order valence-electron chi connectivity index (χ2n) is 5.00. The van der Waals surface area contributed by atoms with E-state index in [2.05, 4.69) is 15.9 Å². The molecule has 0 fully saturated rings. The summed E-state index contributed by atoms with van der Waals surface area (Å²) in [6.07, 6.45) is -4.90. The Balaban J connectivity index is 2.96. The third kappa shape index (κ3) is 6.49. The Hall–Kier alpha value is -1.90. The summed E-state index contributed by atoms with van der Waals surface area (Å²) in [6.45, 7) is 1.53. The van der Waals surface area contributed by atoms with E-state index in [-0.39, 0.29) is 48.4 Å². The van der Waals surface area contributed by atoms with Gasteiger partial charge < -0.3 is 9.64 Å². The summed E-state index contributed by atoms with van der Waals surface area (Å²) >= 11 is 2.97. The van der Waals surface area contributed by atoms with Gasteiger partial charge in [0, 0.05) is 18.7 Å². The zero-order valence-corrected chi connectivity index (χ0v) is 15.0. The van der Waals surface area contributed by atoms with Gasteiger partial charge in [-0.1, -0.05) is 15.9 Å². The van der Waals surface area contributed by atoms with Gasteiger partial charge in [-0.3, -0.25) is 9.59 Å². The maximum Gasteiger partial charge on any atom is 0.471 e. The topological polar surface area (TPSA) is 63.7 Å². The van der Waals surface area contributed by atoms with Crippen molar-refractivity contribution in [2.24, 2.45) is 0 Å². The van der Waals surface area contributed by atoms with E-state index in [9.17, 15) is 27.6 Å². The first kappa shape index (κ1) is 21.1. The number of alkyl halides is 4. The number of hydrogen-bond donors (Lipinski definition) is 0. The zero-order chi connectivity index (χ0) is 19.0. The molecule has 1 rings (SSSR count). The summed E-state index contributed by atoms with van der Waals surface area (Å²) in [4.78, 5) is 35.0. The molecular weight excluding hydrogens is 407 g/mol. The minimum absolute atomic E-state index is 0.0123. The van der Waals surface area contributed by atoms with Crippen LogP contribution in [0.2, 0.25) is 0 Å². The van der Waals surface area contributed by atoms with Crippen molar-refractivity contribution in [3.8, 4) is 0 Å². The van der Waals surface area contributed by atoms with Crippen molar-refractivity contribution in [2.75, 3.05) is 23.4 Å². The second-order valence-corrected chi connectivity index (χ2v) is 5.56. The minimum atomic E-state index is -5.04. The van der Waals surface area contributed by atoms with Crippen LogP contribution in [0.15, 0.2) is 24.3 Å². The van der Waals surface area contributed by atoms with E-state index < -0.39 is 18.1 Å². The first-order chi connectivity index (χ1) is 11.7. The summed E-state index contributed by atoms with van der Waals surface area (Å²) in [5, 5.41) is 0.106. The molecule has 0 aliphatic carbocycles. The van der Waals surface area contributed by atoms with Crippen molar-refractivity contribution in [1.82, 2.24) is 0 Å². The van der Waals surface area contributed by atoms with Crippen LogP contribution in [0.3, 0.4) is 0 Å². The van der Waals surface area contributed by atoms with Crippen molar-refractivity contribution in [2.45, 2.75) is 25.9 Å². The lowest BCUT2D eigenvalue weighted by Crippen LogP contribution is -2.42. The number of benzene rings is 1. The summed E-state index contributed by atoms with van der Waals surface area (Å²) in [6, 6.07) is 5.05. The number of anilines is 1. The van der Waals surface area contributed by atoms with Crippen LogP contribution >= 0.6 is 15.9 Å². The molecule has 1 amide bonds. The summed E-state index contributed by atoms with van der Waals surface area (Å²) < 4.78 is 43.2. The molecule has 0 spiro atoms. The summed E-state index contributed by atoms with van der Waals surface area (Å²) in [7, 11) is 0. The third-order valence-corrected chi connectivity index (χ3v) is 3.79. The number of ether oxygens (including phenoxy) is 1. The van der Waals surface area contributed by atoms with E-state index in [1.807, 2.05) is 0 Å². The number of amides is 1. The Kier molecular flexibility index (Phi) is 8.08. The Bertz CT molecular complexity index is 617. The number of ketones is 1. The zero-order valence-electron chi connectivity index (χ0n) is 13.4. The summed E-state index contributed by atoms with van der Waals surface area (Å²) in [5.41, 5.74) is 0.154. The number of Topliss-reactive ketones (excluding diaryl/α,β-unsaturated/α-hetero) is 1. The highest BCUT2D eigenvalue weighted by molar-refractivity contribution is 9.09. The molecule has 0 aliphatic heterocycles. The van der Waals surface area contributed by atoms with Crippen molar-refractivity contribution < 1.29 is 32.3 Å². The number of nitrogens with zero attached hydrogens (tertiary/aromatic N) is 1. The monoisotopic (exact) mass is 423 g/mol. The van der Waals surface area contributed by atoms with Gasteiger partial charge >= 0.3 is 18.1 Å². The van der Waals surface area contributed by atoms with Crippen molar-refractivity contribution in [1.29, 1.82) is 0 Å². The average molecular weight is 424 g/mol. The number of esters is 1. The lowest BCUT2D eigenvalue weighted by molar-refractivity contribution is -0.170. The van der Waals surface area contributed by atoms with Crippen LogP contribution in [-0.2, 0) is 14.3 Å². The van der Waals surface area contributed by atoms with Crippen LogP contribution in [0, 0.1) is 0 Å². The van der Waals surface area contributed by atoms with Crippen LogP contribution < -0.4 is 4.90 Å². The fourth-order valence-electron chi connectivity index (χ4n) is 1.99. The number of rotatable bonds is 8. The molecule has 1 aromatic carbocycles. The standard InChI is InChI=1S/C16H17BrF3NO4/c1-2-25-14(23)11-5-7-12(8-6-11)21(15(24)16(18,19)20)9-3-4-13(22)10-17/h5-8H,2-4,9-10H2,1H3. The van der Waals surface area contributed by atoms with Gasteiger partial charge in [-0.25, -0.2) is 4.79 Å². The molecule has 0 radical (unpaired) electrons. The lowest BCUT2D eigenvalue weighted by Gasteiger charge is -2.24. The number of hydrogen-bond acceptors (Lipinski definition) is 4. The molecule has 0 N–H and O–H groups in total. The smallest absolute Gasteiger partial charge is 0.462 e. The van der Waals surface area contributed by atoms with Crippen LogP contribution in [0.25, 0.3) is 0 Å². The predicted octanol–water partition coefficient (Wildman–Crippen LogP) is 3.50. The molecule has 0 aromatic heterocycles. The highest BCUT2D eigenvalue weighted by Crippen LogP contribution is 2.25. The maximum atomic E-state index is 12.8. The van der Waals surface area contributed by atoms with E-state index in [0.29, 0.717) is 4.90 Å². The van der Waals surface area contributed by atoms with Gasteiger partial charge in [-0.15, -0.1) is 0 Å². The summed E-state index contributed by atoms with van der Waals surface area (Å²) in [5.74, 6) is -2.80. The largest absolute Gasteiger partial charge is 0.471 e. The van der Waals surface area contributed by atoms with E-state index >= 15 is 0 Å². The van der Waals surface area contributed by atoms with Crippen molar-refractivity contribution in [3.05, 3.63) is 29.8 Å². The molecule has 0 unspecified atom stereocenters. The van der Waals surface area contributed by atoms with E-state index in [1.165, 1.54) is 24.3 Å². The van der Waals surface area contributed by atoms with Crippen LogP contribution in [0.5, 0.6) is 0 Å². The predicted molar refractivity (Wildman–Crippen MR) is 88.8 cm³/mol. The van der Waals surface area contributed by atoms with Crippen molar-refractivity contribution >= 4 is 39.3 Å². The SMILES string of the molecule is CCOC(=O)c1ccc(N(CCCC(=O)CBr)C(=O)C(F)(F)F)cc1. The normalized spacial score (nSPS) is 11.1. The van der Waals surface area contributed by atoms with Crippen LogP contribution in [0.1, 0.15) is 30.1 Å². The Morgan fingerprint density at radius 1 is 1.16 bits per heavy atom. The van der Waals surface area contributed by atoms with Gasteiger partial charge in [-0.05, 0) is 37.6 Å². The highest BCUT2D eigenvalue weighted by atomic mass is 79.9. The molecule has 1 aromatic rings. The Morgan fingerprint density at radius 2 is 1.76 bits per heavy atom. The van der Waals surface area contributed by atoms with E-state index in [0.717, 1.165) is 0 Å². The first-order valence-electron chi connectivity index (χ1n) is 7.44. The van der Waals surface area contributed by atoms with Crippen LogP contribution in [0.4, 0.5) is 18.9 Å². The Labute approximate surface area is 151 Å². The van der Waals surface area contributed by atoms with E-state index in [4.69, 9.17) is 4.74 Å². The van der Waals surface area contributed by atoms with Crippen molar-refractivity contribution in [3.63, 3.8) is 0 Å². The van der Waals surface area contributed by atoms with Gasteiger partial charge in [0.1, 0.15) is 5.78 Å². The molecule has 25 heavy (non-hydrogen) atoms. The molecule has 0 bridgehead atoms. The minimum Gasteiger partial charge on any atom is -0.462 e. The average Bonchev–Trinajstić information content (AvgIpc) is 2.57. The quantitative estimate of drug-likeness (QED) is 0.474. The van der Waals surface area contributed by atoms with Gasteiger partial charge in [-0.2, -0.15) is 13.2 Å². The number of carbonyl (C=O) groups excluding carboxylic acids is 3. The second kappa shape index (κ2) is 9.55. The lowest BCUT2D eigenvalue weighted by atomic mass is 10.1. The fourth-order valence-corrected chi connectivity index (χ4v) is 2.27. The molecule has 138 valence electrons. The molecule has 0 heterocycles. The highest BCUT2D eigenvalue weighted by Gasteiger charge is 2.42. The number of halogens is 4. The number of carbonyl (C=O) groups is 3. The first-order valence-corrected chi connectivity index (χ1v) is 8.56. The third-order valence-electron chi connectivity index (χ3n) is 3.16. The van der Waals surface area contributed by atoms with Gasteiger partial charge in [0.05, 0.1) is 17.5 Å². The molecule has 0 aliphatic rings. The molecule has 0 atom stereocenters. The molecule has 0 saturated carbocycles. The molecule has 9 heteroatoms. The van der Waals surface area contributed by atoms with E-state index in [1.54, 1.807) is 6.92 Å².